The Balaban J connectivity index is 0.000000126. The van der Waals surface area contributed by atoms with Crippen LogP contribution in [0.5, 0.6) is 0 Å². The molecule has 1 fully saturated rings. The first-order valence-corrected chi connectivity index (χ1v) is 45.8. The van der Waals surface area contributed by atoms with E-state index in [0.29, 0.717) is 87.4 Å². The van der Waals surface area contributed by atoms with Gasteiger partial charge in [-0.2, -0.15) is 30.9 Å². The van der Waals surface area contributed by atoms with Gasteiger partial charge in [0, 0.05) is 181 Å². The Morgan fingerprint density at radius 2 is 0.721 bits per heavy atom. The molecular weight excluding hydrogens is 1810 g/mol. The molecule has 136 heavy (non-hydrogen) atoms. The Kier molecular flexibility index (Phi) is 26.6. The number of aromatic nitrogens is 19. The summed E-state index contributed by atoms with van der Waals surface area (Å²) in [6.45, 7) is 21.4. The summed E-state index contributed by atoms with van der Waals surface area (Å²) < 4.78 is 15.4. The summed E-state index contributed by atoms with van der Waals surface area (Å²) >= 11 is 2.28. The molecule has 0 spiro atoms. The number of pyridine rings is 5. The number of hydrogen-bond acceptors (Lipinski definition) is 18. The third-order valence-corrected chi connectivity index (χ3v) is 25.6. The third-order valence-electron chi connectivity index (χ3n) is 24.7. The van der Waals surface area contributed by atoms with Crippen LogP contribution in [0.2, 0.25) is 0 Å². The van der Waals surface area contributed by atoms with Crippen molar-refractivity contribution in [1.29, 1.82) is 10.5 Å². The van der Waals surface area contributed by atoms with Crippen LogP contribution in [-0.2, 0) is 53.9 Å². The molecule has 0 unspecified atom stereocenters. The van der Waals surface area contributed by atoms with Crippen LogP contribution in [0.25, 0.3) is 110 Å². The van der Waals surface area contributed by atoms with Gasteiger partial charge in [-0.25, -0.2) is 34.7 Å². The number of aryl methyl sites for hydroxylation is 7. The molecule has 7 aromatic carbocycles. The first-order chi connectivity index (χ1) is 65.8. The molecule has 1 aliphatic carbocycles. The maximum Gasteiger partial charge on any atom is 0.263 e. The summed E-state index contributed by atoms with van der Waals surface area (Å²) in [5.74, 6) is 1.90. The van der Waals surface area contributed by atoms with Gasteiger partial charge < -0.3 is 10.3 Å². The van der Waals surface area contributed by atoms with Crippen molar-refractivity contribution in [2.24, 2.45) is 28.2 Å². The summed E-state index contributed by atoms with van der Waals surface area (Å²) in [5, 5.41) is 42.5. The molecular formula is C108H96IN23O4. The highest BCUT2D eigenvalue weighted by Gasteiger charge is 2.32. The Labute approximate surface area is 797 Å². The van der Waals surface area contributed by atoms with Gasteiger partial charge in [0.05, 0.1) is 84.7 Å². The quantitative estimate of drug-likeness (QED) is 0.0547. The molecule has 0 bridgehead atoms. The average molecular weight is 1910 g/mol. The molecule has 1 aliphatic rings. The lowest BCUT2D eigenvalue weighted by Gasteiger charge is -2.21. The van der Waals surface area contributed by atoms with Gasteiger partial charge >= 0.3 is 0 Å². The number of rotatable bonds is 20. The molecule has 2 N–H and O–H groups in total. The van der Waals surface area contributed by atoms with Crippen molar-refractivity contribution in [1.82, 2.24) is 92.3 Å². The minimum absolute atomic E-state index is 0.0242. The van der Waals surface area contributed by atoms with Gasteiger partial charge in [0.2, 0.25) is 5.69 Å². The zero-order valence-corrected chi connectivity index (χ0v) is 79.1. The van der Waals surface area contributed by atoms with E-state index in [1.54, 1.807) is 77.3 Å². The number of halogens is 1. The Morgan fingerprint density at radius 1 is 0.404 bits per heavy atom. The largest absolute Gasteiger partial charge is 0.407 e. The topological polar surface area (TPSA) is 327 Å². The maximum absolute atomic E-state index is 14.1. The molecule has 12 aromatic heterocycles. The van der Waals surface area contributed by atoms with Crippen molar-refractivity contribution >= 4 is 77.1 Å². The van der Waals surface area contributed by atoms with Gasteiger partial charge in [-0.05, 0) is 192 Å². The fourth-order valence-corrected chi connectivity index (χ4v) is 18.5. The summed E-state index contributed by atoms with van der Waals surface area (Å²) in [7, 11) is 7.48. The number of para-hydroxylation sites is 3. The number of benzene rings is 7. The van der Waals surface area contributed by atoms with Crippen LogP contribution in [0, 0.1) is 53.6 Å². The lowest BCUT2D eigenvalue weighted by molar-refractivity contribution is 0.600. The third kappa shape index (κ3) is 19.1. The first-order valence-electron chi connectivity index (χ1n) is 44.7. The van der Waals surface area contributed by atoms with Gasteiger partial charge in [0.25, 0.3) is 22.2 Å². The Morgan fingerprint density at radius 3 is 1.05 bits per heavy atom. The van der Waals surface area contributed by atoms with E-state index in [2.05, 4.69) is 140 Å². The van der Waals surface area contributed by atoms with Gasteiger partial charge in [-0.15, -0.1) is 0 Å². The summed E-state index contributed by atoms with van der Waals surface area (Å²) in [6, 6.07) is 67.6. The van der Waals surface area contributed by atoms with Crippen molar-refractivity contribution in [2.75, 3.05) is 5.73 Å². The van der Waals surface area contributed by atoms with E-state index in [0.717, 1.165) is 145 Å². The van der Waals surface area contributed by atoms with E-state index in [4.69, 9.17) is 12.3 Å². The standard InChI is InChI=1S/2C28H24N6O.C27H24IN5O.C25H24N6O/c1-18(12-25-21(14-29)15-30-19(2)32-25)26-13-20-8-7-11-24(22-16-31-33(3)17-22)27(20)28(35)34(26)23-9-5-4-6-10-23;1-18(14-24-27(30-2)23(29)12-13-31-24)25-15-19-8-7-11-22(20-16-32-33(3)17-20)26(19)28(35)34(25)21-9-5-4-6-10-21;1-17(12-24-23(28)15-29-18(2)31-24)25-13-19-8-7-11-22(20-14-30-32(3)16-20)26(19)27(34)33(25)21-9-5-4-6-10-21;1-15(9-22-18(11-26)12-27-16(2)29-22)23-10-17-5-4-6-21(19-13-28-30(3)14-19)24(17)25(32)31(23)20-7-8-20/h4-11,13,15-18H,12H2,1-3H3;4-13,15-18H,14H2,1,3H3,(H2,29,31);4-11,13-17H,12H2,1-3H3;4-6,10,12-15,20H,7-9H2,1-3H3/t2*18-;17-;15-/m1111/s1. The first kappa shape index (κ1) is 91.5. The molecule has 28 heteroatoms. The number of nitrogens with two attached hydrogens (primary N) is 1. The predicted octanol–water partition coefficient (Wildman–Crippen LogP) is 19.5. The van der Waals surface area contributed by atoms with E-state index >= 15 is 0 Å². The minimum atomic E-state index is -0.107. The number of nitrogens with zero attached hydrogens (tertiary/aromatic N) is 22. The molecule has 0 radical (unpaired) electrons. The number of hydrogen-bond donors (Lipinski definition) is 1. The molecule has 0 amide bonds. The second kappa shape index (κ2) is 39.6. The zero-order chi connectivity index (χ0) is 95.3. The highest BCUT2D eigenvalue weighted by molar-refractivity contribution is 14.1. The molecule has 12 heterocycles. The predicted molar refractivity (Wildman–Crippen MR) is 540 cm³/mol. The molecule has 19 aromatic rings. The number of nitriles is 2. The number of fused-ring (bicyclic) bond motifs is 4. The number of anilines is 1. The van der Waals surface area contributed by atoms with E-state index in [1.807, 2.05) is 260 Å². The normalized spacial score (nSPS) is 12.6. The van der Waals surface area contributed by atoms with Gasteiger partial charge in [0.15, 0.2) is 0 Å². The molecule has 674 valence electrons. The highest BCUT2D eigenvalue weighted by Crippen LogP contribution is 2.41. The second-order valence-corrected chi connectivity index (χ2v) is 35.7. The fourth-order valence-electron chi connectivity index (χ4n) is 18.0. The minimum Gasteiger partial charge on any atom is -0.407 e. The van der Waals surface area contributed by atoms with E-state index < -0.39 is 0 Å². The van der Waals surface area contributed by atoms with E-state index in [9.17, 15) is 29.7 Å². The Hall–Kier alpha value is -16.4. The SMILES string of the molecule is Cc1ncc(C#N)c(C[C@@H](C)c2cc3cccc(-c4cnn(C)c4)c3c(=O)n2-c2ccccc2)n1.Cc1ncc(C#N)c(C[C@@H](C)c2cc3cccc(-c4cnn(C)c4)c3c(=O)n2C2CC2)n1.Cc1ncc(I)c(C[C@@H](C)c2cc3cccc(-c4cnn(C)c4)c3c(=O)n2-c2ccccc2)n1.[C-]#[N+]c1c(N)ccnc1C[C@@H](C)c1cc2cccc(-c3cnn(C)c3)c2c(=O)n1-c1ccccc1. The summed E-state index contributed by atoms with van der Waals surface area (Å²) in [5.41, 5.74) is 23.8. The molecule has 20 rings (SSSR count). The molecule has 0 aliphatic heterocycles. The maximum atomic E-state index is 14.1. The second-order valence-electron chi connectivity index (χ2n) is 34.5. The molecule has 1 saturated carbocycles. The summed E-state index contributed by atoms with van der Waals surface area (Å²) in [4.78, 5) is 90.6. The average Bonchev–Trinajstić information content (AvgIpc) is 1.07. The van der Waals surface area contributed by atoms with Crippen molar-refractivity contribution < 1.29 is 0 Å². The van der Waals surface area contributed by atoms with Crippen molar-refractivity contribution in [2.45, 2.75) is 117 Å². The number of nitrogen functional groups attached to an aromatic ring is 1. The van der Waals surface area contributed by atoms with Crippen LogP contribution in [0.4, 0.5) is 11.4 Å². The molecule has 4 atom stereocenters. The van der Waals surface area contributed by atoms with Crippen LogP contribution >= 0.6 is 22.6 Å². The summed E-state index contributed by atoms with van der Waals surface area (Å²) in [6.07, 6.45) is 25.8. The van der Waals surface area contributed by atoms with Gasteiger partial charge in [-0.1, -0.05) is 155 Å². The smallest absolute Gasteiger partial charge is 0.263 e. The van der Waals surface area contributed by atoms with Crippen LogP contribution < -0.4 is 28.0 Å². The van der Waals surface area contributed by atoms with E-state index in [-0.39, 0.29) is 52.0 Å². The molecule has 0 saturated heterocycles. The lowest BCUT2D eigenvalue weighted by atomic mass is 9.94. The highest BCUT2D eigenvalue weighted by atomic mass is 127. The monoisotopic (exact) mass is 1910 g/mol. The van der Waals surface area contributed by atoms with E-state index in [1.165, 1.54) is 0 Å². The van der Waals surface area contributed by atoms with Crippen LogP contribution in [0.1, 0.15) is 144 Å². The van der Waals surface area contributed by atoms with Crippen molar-refractivity contribution in [3.63, 3.8) is 0 Å². The lowest BCUT2D eigenvalue weighted by Crippen LogP contribution is -2.25. The van der Waals surface area contributed by atoms with Crippen LogP contribution in [0.3, 0.4) is 0 Å². The van der Waals surface area contributed by atoms with Gasteiger partial charge in [0.1, 0.15) is 29.6 Å². The van der Waals surface area contributed by atoms with Gasteiger partial charge in [-0.3, -0.25) is 56.6 Å². The van der Waals surface area contributed by atoms with Crippen LogP contribution in [0.15, 0.2) is 288 Å². The van der Waals surface area contributed by atoms with Crippen molar-refractivity contribution in [3.05, 3.63) is 399 Å². The Bertz CT molecular complexity index is 8000. The fraction of sp³-hybridized carbons (Fsp3) is 0.204. The zero-order valence-electron chi connectivity index (χ0n) is 77.0. The molecule has 27 nitrogen and oxygen atoms in total. The van der Waals surface area contributed by atoms with Crippen molar-refractivity contribution in [3.8, 4) is 73.7 Å². The van der Waals surface area contributed by atoms with Crippen LogP contribution in [-0.4, -0.2) is 92.3 Å².